The number of halogens is 1. The second-order valence-electron chi connectivity index (χ2n) is 8.12. The molecule has 0 radical (unpaired) electrons. The van der Waals surface area contributed by atoms with E-state index < -0.39 is 12.2 Å². The molecule has 5 rings (SSSR count). The third-order valence-electron chi connectivity index (χ3n) is 6.32. The number of nitrogens with zero attached hydrogens (tertiary/aromatic N) is 3. The fourth-order valence-electron chi connectivity index (χ4n) is 4.66. The molecule has 30 heavy (non-hydrogen) atoms. The molecule has 0 spiro atoms. The fraction of sp³-hybridized carbons (Fsp3) is 0.304. The predicted octanol–water partition coefficient (Wildman–Crippen LogP) is 3.74. The summed E-state index contributed by atoms with van der Waals surface area (Å²) < 4.78 is 2.07. The van der Waals surface area contributed by atoms with Crippen LogP contribution in [0.1, 0.15) is 24.4 Å². The van der Waals surface area contributed by atoms with Crippen LogP contribution < -0.4 is 5.73 Å². The molecule has 1 aromatic carbocycles. The average Bonchev–Trinajstić information content (AvgIpc) is 3.29. The van der Waals surface area contributed by atoms with Crippen LogP contribution in [-0.2, 0) is 6.42 Å². The third-order valence-corrected chi connectivity index (χ3v) is 6.62. The first-order valence-electron chi connectivity index (χ1n) is 10.1. The normalized spacial score (nSPS) is 24.1. The minimum Gasteiger partial charge on any atom is -0.390 e. The Morgan fingerprint density at radius 3 is 2.83 bits per heavy atom. The van der Waals surface area contributed by atoms with E-state index in [1.807, 2.05) is 42.7 Å². The molecule has 1 aliphatic rings. The molecule has 6 nitrogen and oxygen atoms in total. The number of hydrogen-bond donors (Lipinski definition) is 3. The van der Waals surface area contributed by atoms with Gasteiger partial charge in [0.2, 0.25) is 0 Å². The highest BCUT2D eigenvalue weighted by molar-refractivity contribution is 6.33. The zero-order valence-corrected chi connectivity index (χ0v) is 17.1. The number of hydrogen-bond acceptors (Lipinski definition) is 5. The molecule has 0 aliphatic heterocycles. The number of anilines is 1. The Morgan fingerprint density at radius 2 is 1.97 bits per heavy atom. The largest absolute Gasteiger partial charge is 0.390 e. The summed E-state index contributed by atoms with van der Waals surface area (Å²) >= 11 is 6.05. The first kappa shape index (κ1) is 19.3. The van der Waals surface area contributed by atoms with Crippen LogP contribution in [0, 0.1) is 5.92 Å². The van der Waals surface area contributed by atoms with Crippen molar-refractivity contribution >= 4 is 39.2 Å². The predicted molar refractivity (Wildman–Crippen MR) is 118 cm³/mol. The Balaban J connectivity index is 1.33. The van der Waals surface area contributed by atoms with Gasteiger partial charge in [-0.1, -0.05) is 23.7 Å². The Hall–Kier alpha value is -2.67. The summed E-state index contributed by atoms with van der Waals surface area (Å²) in [6, 6.07) is 11.7. The summed E-state index contributed by atoms with van der Waals surface area (Å²) in [6.07, 6.45) is 6.29. The quantitative estimate of drug-likeness (QED) is 0.465. The molecule has 4 aromatic rings. The smallest absolute Gasteiger partial charge is 0.142 e. The van der Waals surface area contributed by atoms with Crippen LogP contribution >= 0.6 is 11.6 Å². The van der Waals surface area contributed by atoms with Crippen molar-refractivity contribution in [2.75, 3.05) is 5.73 Å². The maximum atomic E-state index is 10.7. The number of pyridine rings is 2. The van der Waals surface area contributed by atoms with Crippen LogP contribution in [0.25, 0.3) is 21.8 Å². The molecule has 1 aliphatic carbocycles. The number of nitrogens with two attached hydrogens (primary N) is 1. The number of aliphatic hydroxyl groups is 2. The molecule has 154 valence electrons. The number of aliphatic hydroxyl groups excluding tert-OH is 2. The monoisotopic (exact) mass is 422 g/mol. The van der Waals surface area contributed by atoms with E-state index in [9.17, 15) is 10.2 Å². The summed E-state index contributed by atoms with van der Waals surface area (Å²) in [5.41, 5.74) is 8.80. The second-order valence-corrected chi connectivity index (χ2v) is 8.53. The van der Waals surface area contributed by atoms with Gasteiger partial charge in [0.15, 0.2) is 0 Å². The molecule has 4 N–H and O–H groups in total. The Morgan fingerprint density at radius 1 is 1.10 bits per heavy atom. The number of aryl methyl sites for hydroxylation is 1. The summed E-state index contributed by atoms with van der Waals surface area (Å²) in [7, 11) is 0. The first-order valence-corrected chi connectivity index (χ1v) is 10.5. The van der Waals surface area contributed by atoms with Gasteiger partial charge in [-0.3, -0.25) is 4.98 Å². The standard InChI is InChI=1S/C23H23ClN4O2/c24-17-10-14-3-1-13(9-18(14)27-23(17)25)2-4-15-11-20(22(30)21(15)29)28-8-6-16-12-26-7-5-19(16)28/h1,3,5-10,12,15,20-22,29-30H,2,4,11H2,(H2,25,27)/t15-,20+,21+,22-/m0/s1. The van der Waals surface area contributed by atoms with Crippen molar-refractivity contribution in [3.63, 3.8) is 0 Å². The Labute approximate surface area is 178 Å². The van der Waals surface area contributed by atoms with Gasteiger partial charge in [-0.2, -0.15) is 0 Å². The van der Waals surface area contributed by atoms with E-state index in [2.05, 4.69) is 20.6 Å². The van der Waals surface area contributed by atoms with Gasteiger partial charge in [-0.15, -0.1) is 0 Å². The van der Waals surface area contributed by atoms with Gasteiger partial charge < -0.3 is 20.5 Å². The van der Waals surface area contributed by atoms with E-state index in [1.54, 1.807) is 6.20 Å². The van der Waals surface area contributed by atoms with Crippen LogP contribution in [0.2, 0.25) is 5.02 Å². The molecule has 0 unspecified atom stereocenters. The lowest BCUT2D eigenvalue weighted by molar-refractivity contribution is 0.00552. The molecule has 3 heterocycles. The molecular formula is C23H23ClN4O2. The molecule has 0 amide bonds. The SMILES string of the molecule is Nc1nc2cc(CC[C@H]3C[C@@H](n4ccc5cnccc54)[C@H](O)[C@@H]3O)ccc2cc1Cl. The van der Waals surface area contributed by atoms with Crippen molar-refractivity contribution < 1.29 is 10.2 Å². The van der Waals surface area contributed by atoms with Crippen LogP contribution in [0.4, 0.5) is 5.82 Å². The van der Waals surface area contributed by atoms with Crippen LogP contribution in [-0.4, -0.2) is 37.0 Å². The van der Waals surface area contributed by atoms with E-state index in [-0.39, 0.29) is 12.0 Å². The zero-order chi connectivity index (χ0) is 20.8. The topological polar surface area (TPSA) is 97.2 Å². The molecule has 0 bridgehead atoms. The highest BCUT2D eigenvalue weighted by atomic mass is 35.5. The van der Waals surface area contributed by atoms with E-state index in [0.29, 0.717) is 10.8 Å². The summed E-state index contributed by atoms with van der Waals surface area (Å²) in [6.45, 7) is 0. The second kappa shape index (κ2) is 7.54. The Bertz CT molecular complexity index is 1220. The molecule has 7 heteroatoms. The van der Waals surface area contributed by atoms with Crippen molar-refractivity contribution in [1.82, 2.24) is 14.5 Å². The highest BCUT2D eigenvalue weighted by Gasteiger charge is 2.42. The average molecular weight is 423 g/mol. The molecule has 1 fully saturated rings. The van der Waals surface area contributed by atoms with Gasteiger partial charge >= 0.3 is 0 Å². The lowest BCUT2D eigenvalue weighted by Crippen LogP contribution is -2.29. The minimum atomic E-state index is -0.793. The lowest BCUT2D eigenvalue weighted by Gasteiger charge is -2.19. The van der Waals surface area contributed by atoms with Crippen molar-refractivity contribution in [1.29, 1.82) is 0 Å². The zero-order valence-electron chi connectivity index (χ0n) is 16.3. The molecular weight excluding hydrogens is 400 g/mol. The van der Waals surface area contributed by atoms with E-state index in [0.717, 1.165) is 46.6 Å². The van der Waals surface area contributed by atoms with E-state index >= 15 is 0 Å². The van der Waals surface area contributed by atoms with Crippen molar-refractivity contribution in [3.8, 4) is 0 Å². The van der Waals surface area contributed by atoms with Crippen molar-refractivity contribution in [3.05, 3.63) is 65.6 Å². The van der Waals surface area contributed by atoms with Gasteiger partial charge in [0.25, 0.3) is 0 Å². The molecule has 1 saturated carbocycles. The summed E-state index contributed by atoms with van der Waals surface area (Å²) in [5.74, 6) is 0.343. The third kappa shape index (κ3) is 3.31. The van der Waals surface area contributed by atoms with E-state index in [4.69, 9.17) is 17.3 Å². The van der Waals surface area contributed by atoms with Crippen LogP contribution in [0.5, 0.6) is 0 Å². The van der Waals surface area contributed by atoms with Gasteiger partial charge in [-0.25, -0.2) is 4.98 Å². The number of fused-ring (bicyclic) bond motifs is 2. The molecule has 0 saturated heterocycles. The van der Waals surface area contributed by atoms with E-state index in [1.165, 1.54) is 0 Å². The highest BCUT2D eigenvalue weighted by Crippen LogP contribution is 2.39. The molecule has 4 atom stereocenters. The maximum absolute atomic E-state index is 10.7. The van der Waals surface area contributed by atoms with Crippen molar-refractivity contribution in [2.24, 2.45) is 5.92 Å². The Kier molecular flexibility index (Phi) is 4.85. The summed E-state index contributed by atoms with van der Waals surface area (Å²) in [4.78, 5) is 8.52. The van der Waals surface area contributed by atoms with Gasteiger partial charge in [0.05, 0.1) is 28.2 Å². The van der Waals surface area contributed by atoms with Gasteiger partial charge in [-0.05, 0) is 55.0 Å². The van der Waals surface area contributed by atoms with Crippen molar-refractivity contribution in [2.45, 2.75) is 37.5 Å². The first-order chi connectivity index (χ1) is 14.5. The number of nitrogen functional groups attached to an aromatic ring is 1. The maximum Gasteiger partial charge on any atom is 0.142 e. The molecule has 3 aromatic heterocycles. The van der Waals surface area contributed by atoms with Gasteiger partial charge in [0.1, 0.15) is 11.9 Å². The van der Waals surface area contributed by atoms with Gasteiger partial charge in [0, 0.05) is 29.4 Å². The van der Waals surface area contributed by atoms with Crippen LogP contribution in [0.3, 0.4) is 0 Å². The lowest BCUT2D eigenvalue weighted by atomic mass is 9.95. The minimum absolute atomic E-state index is 0.0169. The number of rotatable bonds is 4. The number of benzene rings is 1. The fourth-order valence-corrected chi connectivity index (χ4v) is 4.82. The van der Waals surface area contributed by atoms with Crippen LogP contribution in [0.15, 0.2) is 55.0 Å². The summed E-state index contributed by atoms with van der Waals surface area (Å²) in [5, 5.41) is 23.9. The number of aromatic nitrogens is 3.